The van der Waals surface area contributed by atoms with Gasteiger partial charge in [0, 0.05) is 0 Å². The van der Waals surface area contributed by atoms with Crippen LogP contribution in [-0.2, 0) is 9.47 Å². The maximum absolute atomic E-state index is 12.1. The van der Waals surface area contributed by atoms with Gasteiger partial charge >= 0.3 is 29.9 Å². The van der Waals surface area contributed by atoms with E-state index >= 15 is 0 Å². The van der Waals surface area contributed by atoms with E-state index in [2.05, 4.69) is 4.74 Å². The molecule has 0 bridgehead atoms. The number of carboxylic acids is 2. The topological polar surface area (TPSA) is 168 Å². The molecule has 0 amide bonds. The van der Waals surface area contributed by atoms with Crippen molar-refractivity contribution in [1.29, 1.82) is 0 Å². The molecule has 2 aromatic carbocycles. The second-order valence-corrected chi connectivity index (χ2v) is 5.86. The Balaban J connectivity index is 2.03. The van der Waals surface area contributed by atoms with Crippen LogP contribution in [0.2, 0.25) is 0 Å². The maximum Gasteiger partial charge on any atom is 0.363 e. The summed E-state index contributed by atoms with van der Waals surface area (Å²) in [5.41, 5.74) is -0.369. The number of carbonyl (C=O) groups excluding carboxylic acids is 2. The Hall–Kier alpha value is -3.76. The molecule has 10 heteroatoms. The third-order valence-corrected chi connectivity index (χ3v) is 3.79. The van der Waals surface area contributed by atoms with Crippen LogP contribution in [0.25, 0.3) is 0 Å². The summed E-state index contributed by atoms with van der Waals surface area (Å²) >= 11 is 0. The zero-order valence-corrected chi connectivity index (χ0v) is 14.9. The van der Waals surface area contributed by atoms with E-state index < -0.39 is 36.0 Å². The normalized spacial score (nSPS) is 12.0. The van der Waals surface area contributed by atoms with Gasteiger partial charge in [-0.25, -0.2) is 19.2 Å². The lowest BCUT2D eigenvalue weighted by Gasteiger charge is -2.27. The predicted octanol–water partition coefficient (Wildman–Crippen LogP) is 1.12. The zero-order chi connectivity index (χ0) is 21.8. The zero-order valence-electron chi connectivity index (χ0n) is 14.9. The van der Waals surface area contributed by atoms with Crippen molar-refractivity contribution in [2.24, 2.45) is 0 Å². The van der Waals surface area contributed by atoms with E-state index in [0.29, 0.717) is 0 Å². The lowest BCUT2D eigenvalue weighted by atomic mass is 10.1. The monoisotopic (exact) mass is 404 g/mol. The van der Waals surface area contributed by atoms with E-state index in [1.54, 1.807) is 0 Å². The molecule has 0 aliphatic heterocycles. The number of rotatable bonds is 7. The molecule has 1 atom stereocenters. The predicted molar refractivity (Wildman–Crippen MR) is 94.3 cm³/mol. The SMILES string of the molecule is CC(OC(=O)c1ccc(C(=O)O)cc1)C(O)(O)OC(=O)c1ccc(C(=O)O)cc1. The van der Waals surface area contributed by atoms with Crippen LogP contribution in [0.5, 0.6) is 0 Å². The molecule has 152 valence electrons. The lowest BCUT2D eigenvalue weighted by molar-refractivity contribution is -0.345. The molecule has 10 nitrogen and oxygen atoms in total. The van der Waals surface area contributed by atoms with Crippen molar-refractivity contribution in [3.63, 3.8) is 0 Å². The van der Waals surface area contributed by atoms with Crippen LogP contribution in [0, 0.1) is 0 Å². The molecule has 0 aliphatic carbocycles. The molecule has 29 heavy (non-hydrogen) atoms. The number of aromatic carboxylic acids is 2. The molecule has 0 aliphatic rings. The van der Waals surface area contributed by atoms with E-state index in [4.69, 9.17) is 14.9 Å². The first-order chi connectivity index (χ1) is 13.5. The van der Waals surface area contributed by atoms with Crippen LogP contribution in [0.3, 0.4) is 0 Å². The third-order valence-electron chi connectivity index (χ3n) is 3.79. The summed E-state index contributed by atoms with van der Waals surface area (Å²) in [6, 6.07) is 9.14. The van der Waals surface area contributed by atoms with E-state index in [1.165, 1.54) is 12.1 Å². The number of carboxylic acid groups (broad SMARTS) is 2. The second kappa shape index (κ2) is 8.50. The average Bonchev–Trinajstić information content (AvgIpc) is 2.67. The average molecular weight is 404 g/mol. The number of hydrogen-bond acceptors (Lipinski definition) is 8. The van der Waals surface area contributed by atoms with E-state index in [9.17, 15) is 29.4 Å². The van der Waals surface area contributed by atoms with Gasteiger partial charge in [0.15, 0.2) is 6.10 Å². The van der Waals surface area contributed by atoms with E-state index in [0.717, 1.165) is 43.3 Å². The van der Waals surface area contributed by atoms with Crippen molar-refractivity contribution in [3.05, 3.63) is 70.8 Å². The van der Waals surface area contributed by atoms with E-state index in [1.807, 2.05) is 0 Å². The molecule has 0 radical (unpaired) electrons. The Morgan fingerprint density at radius 2 is 1.07 bits per heavy atom. The highest BCUT2D eigenvalue weighted by molar-refractivity contribution is 5.93. The number of ether oxygens (including phenoxy) is 2. The molecule has 0 fully saturated rings. The minimum absolute atomic E-state index is 0.0592. The van der Waals surface area contributed by atoms with Gasteiger partial charge in [-0.2, -0.15) is 0 Å². The molecule has 0 saturated carbocycles. The van der Waals surface area contributed by atoms with Crippen LogP contribution in [-0.4, -0.2) is 56.4 Å². The van der Waals surface area contributed by atoms with Gasteiger partial charge in [0.2, 0.25) is 0 Å². The van der Waals surface area contributed by atoms with Gasteiger partial charge in [-0.1, -0.05) is 0 Å². The summed E-state index contributed by atoms with van der Waals surface area (Å²) in [5, 5.41) is 37.5. The summed E-state index contributed by atoms with van der Waals surface area (Å²) in [6.07, 6.45) is -1.71. The van der Waals surface area contributed by atoms with Crippen molar-refractivity contribution in [1.82, 2.24) is 0 Å². The van der Waals surface area contributed by atoms with Gasteiger partial charge in [0.25, 0.3) is 0 Å². The number of aliphatic hydroxyl groups is 2. The summed E-state index contributed by atoms with van der Waals surface area (Å²) in [6.45, 7) is 1.06. The minimum Gasteiger partial charge on any atom is -0.478 e. The van der Waals surface area contributed by atoms with Gasteiger partial charge in [0.05, 0.1) is 22.3 Å². The number of esters is 2. The lowest BCUT2D eigenvalue weighted by Crippen LogP contribution is -2.47. The molecular weight excluding hydrogens is 388 g/mol. The summed E-state index contributed by atoms with van der Waals surface area (Å²) in [7, 11) is 0. The molecule has 0 spiro atoms. The second-order valence-electron chi connectivity index (χ2n) is 5.86. The maximum atomic E-state index is 12.1. The standard InChI is InChI=1S/C19H16O10/c1-10(28-17(24)13-6-2-11(3-7-13)15(20)21)19(26,27)29-18(25)14-8-4-12(5-9-14)16(22)23/h2-10,26-27H,1H3,(H,20,21)(H,22,23). The fourth-order valence-corrected chi connectivity index (χ4v) is 2.08. The molecule has 0 saturated heterocycles. The van der Waals surface area contributed by atoms with Gasteiger partial charge in [-0.3, -0.25) is 0 Å². The van der Waals surface area contributed by atoms with Crippen molar-refractivity contribution < 1.29 is 49.1 Å². The quantitative estimate of drug-likeness (QED) is 0.388. The van der Waals surface area contributed by atoms with Crippen LogP contribution < -0.4 is 0 Å². The molecule has 2 rings (SSSR count). The highest BCUT2D eigenvalue weighted by Gasteiger charge is 2.39. The number of carbonyl (C=O) groups is 4. The first-order valence-electron chi connectivity index (χ1n) is 8.07. The fourth-order valence-electron chi connectivity index (χ4n) is 2.08. The Labute approximate surface area is 163 Å². The van der Waals surface area contributed by atoms with Crippen LogP contribution >= 0.6 is 0 Å². The van der Waals surface area contributed by atoms with Crippen molar-refractivity contribution >= 4 is 23.9 Å². The van der Waals surface area contributed by atoms with Gasteiger partial charge in [-0.15, -0.1) is 0 Å². The van der Waals surface area contributed by atoms with Crippen LogP contribution in [0.4, 0.5) is 0 Å². The Bertz CT molecular complexity index is 928. The largest absolute Gasteiger partial charge is 0.478 e. The Kier molecular flexibility index (Phi) is 6.32. The van der Waals surface area contributed by atoms with E-state index in [-0.39, 0.29) is 22.3 Å². The summed E-state index contributed by atoms with van der Waals surface area (Å²) < 4.78 is 9.39. The fraction of sp³-hybridized carbons (Fsp3) is 0.158. The minimum atomic E-state index is -3.18. The smallest absolute Gasteiger partial charge is 0.363 e. The van der Waals surface area contributed by atoms with Gasteiger partial charge in [0.1, 0.15) is 0 Å². The first-order valence-corrected chi connectivity index (χ1v) is 8.07. The highest BCUT2D eigenvalue weighted by Crippen LogP contribution is 2.18. The number of benzene rings is 2. The molecule has 4 N–H and O–H groups in total. The third kappa shape index (κ3) is 5.37. The molecule has 0 aromatic heterocycles. The van der Waals surface area contributed by atoms with Crippen molar-refractivity contribution in [2.45, 2.75) is 19.0 Å². The Morgan fingerprint density at radius 3 is 1.45 bits per heavy atom. The van der Waals surface area contributed by atoms with Gasteiger partial charge in [-0.05, 0) is 55.5 Å². The molecule has 0 heterocycles. The Morgan fingerprint density at radius 1 is 0.724 bits per heavy atom. The number of hydrogen-bond donors (Lipinski definition) is 4. The highest BCUT2D eigenvalue weighted by atomic mass is 16.8. The van der Waals surface area contributed by atoms with Crippen molar-refractivity contribution in [3.8, 4) is 0 Å². The molecule has 2 aromatic rings. The first kappa shape index (κ1) is 21.5. The van der Waals surface area contributed by atoms with Crippen LogP contribution in [0.15, 0.2) is 48.5 Å². The van der Waals surface area contributed by atoms with Crippen molar-refractivity contribution in [2.75, 3.05) is 0 Å². The summed E-state index contributed by atoms with van der Waals surface area (Å²) in [5.74, 6) is -7.78. The molecule has 1 unspecified atom stereocenters. The van der Waals surface area contributed by atoms with Gasteiger partial charge < -0.3 is 29.9 Å². The molecular formula is C19H16O10. The van der Waals surface area contributed by atoms with Crippen LogP contribution in [0.1, 0.15) is 48.4 Å². The summed E-state index contributed by atoms with van der Waals surface area (Å²) in [4.78, 5) is 45.7.